The van der Waals surface area contributed by atoms with Crippen molar-refractivity contribution in [2.24, 2.45) is 0 Å². The minimum Gasteiger partial charge on any atom is -0.452 e. The number of nitrogens with zero attached hydrogens (tertiary/aromatic N) is 1. The highest BCUT2D eigenvalue weighted by atomic mass is 16.6. The van der Waals surface area contributed by atoms with Gasteiger partial charge in [0.1, 0.15) is 17.4 Å². The average Bonchev–Trinajstić information content (AvgIpc) is 2.63. The first-order chi connectivity index (χ1) is 13.7. The Morgan fingerprint density at radius 3 is 1.90 bits per heavy atom. The number of ether oxygens (including phenoxy) is 3. The zero-order valence-corrected chi connectivity index (χ0v) is 19.6. The minimum atomic E-state index is -0.915. The molecule has 1 atom stereocenters. The normalized spacial score (nSPS) is 12.5. The smallest absolute Gasteiger partial charge is 0.410 e. The van der Waals surface area contributed by atoms with Crippen LogP contribution in [0.3, 0.4) is 0 Å². The summed E-state index contributed by atoms with van der Waals surface area (Å²) < 4.78 is 15.9. The molecule has 168 valence electrons. The molecule has 1 aromatic carbocycles. The molecule has 0 aromatic heterocycles. The van der Waals surface area contributed by atoms with Crippen LogP contribution in [0.1, 0.15) is 78.4 Å². The van der Waals surface area contributed by atoms with E-state index in [4.69, 9.17) is 14.2 Å². The molecule has 30 heavy (non-hydrogen) atoms. The molecule has 0 fully saturated rings. The van der Waals surface area contributed by atoms with Gasteiger partial charge < -0.3 is 14.2 Å². The number of amides is 1. The van der Waals surface area contributed by atoms with E-state index < -0.39 is 36.3 Å². The number of likely N-dealkylation sites (N-methyl/N-ethyl adjacent to an activating group) is 1. The minimum absolute atomic E-state index is 0.163. The van der Waals surface area contributed by atoms with Gasteiger partial charge in [-0.25, -0.2) is 14.4 Å². The van der Waals surface area contributed by atoms with E-state index >= 15 is 0 Å². The van der Waals surface area contributed by atoms with E-state index in [-0.39, 0.29) is 11.8 Å². The lowest BCUT2D eigenvalue weighted by molar-refractivity contribution is -0.157. The van der Waals surface area contributed by atoms with Gasteiger partial charge in [0.2, 0.25) is 0 Å². The van der Waals surface area contributed by atoms with E-state index in [9.17, 15) is 14.4 Å². The van der Waals surface area contributed by atoms with E-state index in [1.54, 1.807) is 20.8 Å². The quantitative estimate of drug-likeness (QED) is 0.471. The molecule has 0 bridgehead atoms. The van der Waals surface area contributed by atoms with Gasteiger partial charge in [-0.15, -0.1) is 0 Å². The van der Waals surface area contributed by atoms with Crippen LogP contribution in [0.15, 0.2) is 18.2 Å². The van der Waals surface area contributed by atoms with Gasteiger partial charge in [0.15, 0.2) is 6.61 Å². The first-order valence-electron chi connectivity index (χ1n) is 10.2. The van der Waals surface area contributed by atoms with Gasteiger partial charge in [-0.05, 0) is 50.7 Å². The number of carbonyl (C=O) groups excluding carboxylic acids is 3. The molecule has 0 radical (unpaired) electrons. The van der Waals surface area contributed by atoms with Crippen molar-refractivity contribution in [3.63, 3.8) is 0 Å². The second-order valence-electron chi connectivity index (χ2n) is 8.92. The zero-order valence-electron chi connectivity index (χ0n) is 19.6. The molecule has 0 saturated heterocycles. The van der Waals surface area contributed by atoms with Gasteiger partial charge >= 0.3 is 18.0 Å². The topological polar surface area (TPSA) is 82.1 Å². The second kappa shape index (κ2) is 10.5. The standard InChI is InChI=1S/C23H35NO6/c1-14(2)17-11-10-12-18(15(3)4)20(17)29-19(25)13-28-21(26)16(5)24(9)22(27)30-23(6,7)8/h10-12,14-16H,13H2,1-9H3. The molecule has 0 aliphatic heterocycles. The van der Waals surface area contributed by atoms with Gasteiger partial charge in [-0.3, -0.25) is 4.90 Å². The Balaban J connectivity index is 2.78. The van der Waals surface area contributed by atoms with Gasteiger partial charge in [0.05, 0.1) is 0 Å². The van der Waals surface area contributed by atoms with Crippen LogP contribution < -0.4 is 4.74 Å². The van der Waals surface area contributed by atoms with Crippen LogP contribution >= 0.6 is 0 Å². The van der Waals surface area contributed by atoms with E-state index in [0.29, 0.717) is 5.75 Å². The SMILES string of the molecule is CC(C)c1cccc(C(C)C)c1OC(=O)COC(=O)C(C)N(C)C(=O)OC(C)(C)C. The van der Waals surface area contributed by atoms with Crippen LogP contribution in [0.4, 0.5) is 4.79 Å². The predicted octanol–water partition coefficient (Wildman–Crippen LogP) is 4.64. The molecule has 0 saturated carbocycles. The molecule has 1 amide bonds. The lowest BCUT2D eigenvalue weighted by Crippen LogP contribution is -2.44. The summed E-state index contributed by atoms with van der Waals surface area (Å²) in [7, 11) is 1.44. The van der Waals surface area contributed by atoms with Crippen LogP contribution in [-0.4, -0.2) is 48.2 Å². The molecule has 1 rings (SSSR count). The maximum absolute atomic E-state index is 12.4. The molecule has 1 unspecified atom stereocenters. The highest BCUT2D eigenvalue weighted by Gasteiger charge is 2.28. The van der Waals surface area contributed by atoms with Crippen LogP contribution in [0, 0.1) is 0 Å². The molecule has 1 aromatic rings. The maximum atomic E-state index is 12.4. The van der Waals surface area contributed by atoms with Crippen LogP contribution in [0.25, 0.3) is 0 Å². The second-order valence-corrected chi connectivity index (χ2v) is 8.92. The molecule has 7 heteroatoms. The lowest BCUT2D eigenvalue weighted by Gasteiger charge is -2.27. The highest BCUT2D eigenvalue weighted by Crippen LogP contribution is 2.34. The molecule has 0 spiro atoms. The number of esters is 2. The Morgan fingerprint density at radius 2 is 1.47 bits per heavy atom. The fourth-order valence-electron chi connectivity index (χ4n) is 2.64. The van der Waals surface area contributed by atoms with Crippen molar-refractivity contribution in [2.45, 2.75) is 78.9 Å². The summed E-state index contributed by atoms with van der Waals surface area (Å²) in [6, 6.07) is 4.87. The van der Waals surface area contributed by atoms with Gasteiger partial charge in [0.25, 0.3) is 0 Å². The Hall–Kier alpha value is -2.57. The fraction of sp³-hybridized carbons (Fsp3) is 0.609. The van der Waals surface area contributed by atoms with Crippen molar-refractivity contribution in [1.82, 2.24) is 4.90 Å². The van der Waals surface area contributed by atoms with Crippen molar-refractivity contribution in [3.8, 4) is 5.75 Å². The van der Waals surface area contributed by atoms with Gasteiger partial charge in [-0.1, -0.05) is 45.9 Å². The molecule has 0 aliphatic carbocycles. The number of benzene rings is 1. The largest absolute Gasteiger partial charge is 0.452 e. The maximum Gasteiger partial charge on any atom is 0.410 e. The van der Waals surface area contributed by atoms with Gasteiger partial charge in [0, 0.05) is 7.05 Å². The molecular weight excluding hydrogens is 386 g/mol. The lowest BCUT2D eigenvalue weighted by atomic mass is 9.94. The van der Waals surface area contributed by atoms with Crippen molar-refractivity contribution in [3.05, 3.63) is 29.3 Å². The summed E-state index contributed by atoms with van der Waals surface area (Å²) >= 11 is 0. The van der Waals surface area contributed by atoms with Crippen molar-refractivity contribution in [2.75, 3.05) is 13.7 Å². The van der Waals surface area contributed by atoms with Crippen LogP contribution in [-0.2, 0) is 19.1 Å². The third-order valence-electron chi connectivity index (χ3n) is 4.47. The molecule has 0 aliphatic rings. The molecule has 7 nitrogen and oxygen atoms in total. The zero-order chi connectivity index (χ0) is 23.2. The van der Waals surface area contributed by atoms with Crippen molar-refractivity contribution in [1.29, 1.82) is 0 Å². The molecular formula is C23H35NO6. The first-order valence-corrected chi connectivity index (χ1v) is 10.2. The molecule has 0 heterocycles. The van der Waals surface area contributed by atoms with E-state index in [2.05, 4.69) is 0 Å². The summed E-state index contributed by atoms with van der Waals surface area (Å²) in [5, 5.41) is 0. The summed E-state index contributed by atoms with van der Waals surface area (Å²) in [6.07, 6.45) is -0.651. The third-order valence-corrected chi connectivity index (χ3v) is 4.47. The van der Waals surface area contributed by atoms with Crippen molar-refractivity contribution < 1.29 is 28.6 Å². The Morgan fingerprint density at radius 1 is 0.967 bits per heavy atom. The number of para-hydroxylation sites is 1. The number of hydrogen-bond donors (Lipinski definition) is 0. The first kappa shape index (κ1) is 25.5. The van der Waals surface area contributed by atoms with Crippen LogP contribution in [0.5, 0.6) is 5.75 Å². The Labute approximate surface area is 179 Å². The van der Waals surface area contributed by atoms with E-state index in [0.717, 1.165) is 16.0 Å². The summed E-state index contributed by atoms with van der Waals surface area (Å²) in [6.45, 7) is 14.2. The summed E-state index contributed by atoms with van der Waals surface area (Å²) in [4.78, 5) is 37.9. The fourth-order valence-corrected chi connectivity index (χ4v) is 2.64. The van der Waals surface area contributed by atoms with E-state index in [1.165, 1.54) is 14.0 Å². The predicted molar refractivity (Wildman–Crippen MR) is 115 cm³/mol. The Kier molecular flexibility index (Phi) is 8.88. The summed E-state index contributed by atoms with van der Waals surface area (Å²) in [5.41, 5.74) is 1.15. The van der Waals surface area contributed by atoms with E-state index in [1.807, 2.05) is 45.9 Å². The monoisotopic (exact) mass is 421 g/mol. The number of rotatable bonds is 7. The van der Waals surface area contributed by atoms with Crippen LogP contribution in [0.2, 0.25) is 0 Å². The van der Waals surface area contributed by atoms with Gasteiger partial charge in [-0.2, -0.15) is 0 Å². The van der Waals surface area contributed by atoms with Crippen molar-refractivity contribution >= 4 is 18.0 Å². The third kappa shape index (κ3) is 7.35. The average molecular weight is 422 g/mol. The highest BCUT2D eigenvalue weighted by molar-refractivity contribution is 5.83. The molecule has 0 N–H and O–H groups in total. The number of hydrogen-bond acceptors (Lipinski definition) is 6. The number of carbonyl (C=O) groups is 3. The Bertz CT molecular complexity index is 737. The summed E-state index contributed by atoms with van der Waals surface area (Å²) in [5.74, 6) is -0.553.